The van der Waals surface area contributed by atoms with Gasteiger partial charge in [-0.3, -0.25) is 9.59 Å². The van der Waals surface area contributed by atoms with Gasteiger partial charge in [-0.1, -0.05) is 26.7 Å². The summed E-state index contributed by atoms with van der Waals surface area (Å²) < 4.78 is 0. The van der Waals surface area contributed by atoms with Gasteiger partial charge in [-0.2, -0.15) is 0 Å². The van der Waals surface area contributed by atoms with Gasteiger partial charge in [-0.25, -0.2) is 4.79 Å². The van der Waals surface area contributed by atoms with E-state index < -0.39 is 24.0 Å². The summed E-state index contributed by atoms with van der Waals surface area (Å²) in [5, 5.41) is 14.1. The highest BCUT2D eigenvalue weighted by molar-refractivity contribution is 5.90. The number of amides is 2. The molecule has 1 unspecified atom stereocenters. The molecule has 3 N–H and O–H groups in total. The van der Waals surface area contributed by atoms with Crippen molar-refractivity contribution in [3.8, 4) is 0 Å². The van der Waals surface area contributed by atoms with E-state index in [1.165, 1.54) is 0 Å². The molecule has 2 amide bonds. The molecule has 0 aromatic heterocycles. The molecular weight excluding hydrogens is 260 g/mol. The van der Waals surface area contributed by atoms with Crippen molar-refractivity contribution in [2.45, 2.75) is 58.5 Å². The molecule has 1 fully saturated rings. The van der Waals surface area contributed by atoms with E-state index in [2.05, 4.69) is 10.6 Å². The smallest absolute Gasteiger partial charge is 0.326 e. The van der Waals surface area contributed by atoms with E-state index in [0.29, 0.717) is 0 Å². The van der Waals surface area contributed by atoms with E-state index in [9.17, 15) is 14.4 Å². The topological polar surface area (TPSA) is 95.5 Å². The van der Waals surface area contributed by atoms with E-state index in [1.54, 1.807) is 20.8 Å². The van der Waals surface area contributed by atoms with Crippen molar-refractivity contribution in [2.75, 3.05) is 0 Å². The maximum atomic E-state index is 11.9. The fourth-order valence-corrected chi connectivity index (χ4v) is 2.38. The average molecular weight is 284 g/mol. The lowest BCUT2D eigenvalue weighted by Crippen LogP contribution is -2.52. The number of carbonyl (C=O) groups is 3. The second-order valence-electron chi connectivity index (χ2n) is 5.78. The number of nitrogens with one attached hydrogen (secondary N) is 2. The van der Waals surface area contributed by atoms with Gasteiger partial charge in [0.05, 0.1) is 0 Å². The number of carboxylic acid groups (broad SMARTS) is 1. The van der Waals surface area contributed by atoms with E-state index in [4.69, 9.17) is 5.11 Å². The van der Waals surface area contributed by atoms with Crippen molar-refractivity contribution in [2.24, 2.45) is 11.8 Å². The van der Waals surface area contributed by atoms with Crippen molar-refractivity contribution < 1.29 is 19.5 Å². The third-order valence-electron chi connectivity index (χ3n) is 3.71. The molecule has 1 saturated carbocycles. The van der Waals surface area contributed by atoms with E-state index in [-0.39, 0.29) is 17.7 Å². The van der Waals surface area contributed by atoms with Crippen LogP contribution in [-0.2, 0) is 14.4 Å². The Morgan fingerprint density at radius 3 is 2.05 bits per heavy atom. The second kappa shape index (κ2) is 7.26. The lowest BCUT2D eigenvalue weighted by atomic mass is 10.0. The number of hydrogen-bond donors (Lipinski definition) is 3. The van der Waals surface area contributed by atoms with Gasteiger partial charge < -0.3 is 15.7 Å². The molecule has 0 aliphatic heterocycles. The van der Waals surface area contributed by atoms with E-state index in [1.807, 2.05) is 0 Å². The van der Waals surface area contributed by atoms with Gasteiger partial charge in [0.25, 0.3) is 0 Å². The molecule has 0 heterocycles. The van der Waals surface area contributed by atoms with Gasteiger partial charge in [-0.15, -0.1) is 0 Å². The molecule has 0 aromatic carbocycles. The van der Waals surface area contributed by atoms with Crippen LogP contribution < -0.4 is 10.6 Å². The molecule has 0 radical (unpaired) electrons. The van der Waals surface area contributed by atoms with Gasteiger partial charge in [0.2, 0.25) is 11.8 Å². The van der Waals surface area contributed by atoms with Crippen LogP contribution in [0.15, 0.2) is 0 Å². The highest BCUT2D eigenvalue weighted by Crippen LogP contribution is 2.24. The van der Waals surface area contributed by atoms with Gasteiger partial charge in [0.1, 0.15) is 12.1 Å². The molecular formula is C14H24N2O4. The minimum Gasteiger partial charge on any atom is -0.480 e. The average Bonchev–Trinajstić information content (AvgIpc) is 2.88. The van der Waals surface area contributed by atoms with Gasteiger partial charge >= 0.3 is 5.97 Å². The Morgan fingerprint density at radius 1 is 1.05 bits per heavy atom. The molecule has 1 aliphatic carbocycles. The first-order chi connectivity index (χ1) is 9.32. The van der Waals surface area contributed by atoms with Crippen LogP contribution in [-0.4, -0.2) is 35.0 Å². The van der Waals surface area contributed by atoms with E-state index >= 15 is 0 Å². The van der Waals surface area contributed by atoms with Crippen LogP contribution in [0.25, 0.3) is 0 Å². The summed E-state index contributed by atoms with van der Waals surface area (Å²) in [4.78, 5) is 34.9. The zero-order valence-corrected chi connectivity index (χ0v) is 12.3. The lowest BCUT2D eigenvalue weighted by Gasteiger charge is -2.22. The monoisotopic (exact) mass is 284 g/mol. The first-order valence-corrected chi connectivity index (χ1v) is 7.16. The van der Waals surface area contributed by atoms with Crippen LogP contribution >= 0.6 is 0 Å². The lowest BCUT2D eigenvalue weighted by molar-refractivity contribution is -0.143. The minimum atomic E-state index is -1.07. The quantitative estimate of drug-likeness (QED) is 0.675. The van der Waals surface area contributed by atoms with Crippen molar-refractivity contribution in [1.29, 1.82) is 0 Å². The summed E-state index contributed by atoms with van der Waals surface area (Å²) >= 11 is 0. The van der Waals surface area contributed by atoms with Crippen molar-refractivity contribution in [1.82, 2.24) is 10.6 Å². The number of aliphatic carboxylic acids is 1. The predicted molar refractivity (Wildman–Crippen MR) is 74.0 cm³/mol. The third-order valence-corrected chi connectivity index (χ3v) is 3.71. The number of carboxylic acids is 1. The Hall–Kier alpha value is -1.59. The zero-order chi connectivity index (χ0) is 15.3. The largest absolute Gasteiger partial charge is 0.480 e. The third kappa shape index (κ3) is 4.51. The molecule has 1 rings (SSSR count). The van der Waals surface area contributed by atoms with Crippen molar-refractivity contribution in [3.63, 3.8) is 0 Å². The molecule has 6 heteroatoms. The van der Waals surface area contributed by atoms with Crippen LogP contribution in [0, 0.1) is 11.8 Å². The highest BCUT2D eigenvalue weighted by atomic mass is 16.4. The summed E-state index contributed by atoms with van der Waals surface area (Å²) in [6, 6.07) is -1.66. The molecule has 0 aromatic rings. The minimum absolute atomic E-state index is 0.00869. The molecule has 1 aliphatic rings. The molecule has 0 bridgehead atoms. The zero-order valence-electron chi connectivity index (χ0n) is 12.3. The van der Waals surface area contributed by atoms with Crippen molar-refractivity contribution >= 4 is 17.8 Å². The number of carbonyl (C=O) groups excluding carboxylic acids is 2. The maximum Gasteiger partial charge on any atom is 0.326 e. The number of rotatable bonds is 6. The second-order valence-corrected chi connectivity index (χ2v) is 5.78. The summed E-state index contributed by atoms with van der Waals surface area (Å²) in [5.41, 5.74) is 0. The Balaban J connectivity index is 2.49. The molecule has 20 heavy (non-hydrogen) atoms. The Morgan fingerprint density at radius 2 is 1.60 bits per heavy atom. The molecule has 0 spiro atoms. The van der Waals surface area contributed by atoms with Gasteiger partial charge in [0.15, 0.2) is 0 Å². The molecule has 114 valence electrons. The Kier molecular flexibility index (Phi) is 5.98. The first-order valence-electron chi connectivity index (χ1n) is 7.16. The van der Waals surface area contributed by atoms with Crippen LogP contribution in [0.1, 0.15) is 46.5 Å². The Labute approximate surface area is 119 Å². The van der Waals surface area contributed by atoms with Gasteiger partial charge in [0, 0.05) is 5.92 Å². The number of hydrogen-bond acceptors (Lipinski definition) is 3. The van der Waals surface area contributed by atoms with E-state index in [0.717, 1.165) is 25.7 Å². The standard InChI is InChI=1S/C14H24N2O4/c1-8(2)11(14(19)20)16-12(17)9(3)15-13(18)10-6-4-5-7-10/h8-11H,4-7H2,1-3H3,(H,15,18)(H,16,17)(H,19,20)/t9?,11-/m1/s1. The van der Waals surface area contributed by atoms with Crippen LogP contribution in [0.3, 0.4) is 0 Å². The first kappa shape index (κ1) is 16.5. The highest BCUT2D eigenvalue weighted by Gasteiger charge is 2.28. The predicted octanol–water partition coefficient (Wildman–Crippen LogP) is 0.907. The summed E-state index contributed by atoms with van der Waals surface area (Å²) in [6.45, 7) is 5.02. The summed E-state index contributed by atoms with van der Waals surface area (Å²) in [5.74, 6) is -1.86. The van der Waals surface area contributed by atoms with Crippen LogP contribution in [0.4, 0.5) is 0 Å². The van der Waals surface area contributed by atoms with Crippen molar-refractivity contribution in [3.05, 3.63) is 0 Å². The van der Waals surface area contributed by atoms with Crippen LogP contribution in [0.5, 0.6) is 0 Å². The summed E-state index contributed by atoms with van der Waals surface area (Å²) in [7, 11) is 0. The van der Waals surface area contributed by atoms with Crippen LogP contribution in [0.2, 0.25) is 0 Å². The fourth-order valence-electron chi connectivity index (χ4n) is 2.38. The SMILES string of the molecule is CC(NC(=O)C1CCCC1)C(=O)N[C@@H](C(=O)O)C(C)C. The maximum absolute atomic E-state index is 11.9. The fraction of sp³-hybridized carbons (Fsp3) is 0.786. The molecule has 2 atom stereocenters. The molecule has 0 saturated heterocycles. The summed E-state index contributed by atoms with van der Waals surface area (Å²) in [6.07, 6.45) is 3.83. The normalized spacial score (nSPS) is 18.6. The molecule has 6 nitrogen and oxygen atoms in total. The Bertz CT molecular complexity index is 375. The van der Waals surface area contributed by atoms with Gasteiger partial charge in [-0.05, 0) is 25.7 Å².